The van der Waals surface area contributed by atoms with E-state index in [1.165, 1.54) is 36.0 Å². The van der Waals surface area contributed by atoms with Gasteiger partial charge in [-0.25, -0.2) is 4.79 Å². The summed E-state index contributed by atoms with van der Waals surface area (Å²) in [5, 5.41) is 2.66. The van der Waals surface area contributed by atoms with Crippen molar-refractivity contribution in [3.63, 3.8) is 0 Å². The maximum atomic E-state index is 12.6. The number of carbonyl (C=O) groups excluding carboxylic acids is 3. The number of aryl methyl sites for hydroxylation is 2. The fourth-order valence-electron chi connectivity index (χ4n) is 3.41. The lowest BCUT2D eigenvalue weighted by Crippen LogP contribution is -2.29. The number of anilines is 1. The van der Waals surface area contributed by atoms with Crippen molar-refractivity contribution in [2.45, 2.75) is 25.9 Å². The molecule has 3 N–H and O–H groups in total. The molecule has 2 aromatic carbocycles. The highest BCUT2D eigenvalue weighted by Crippen LogP contribution is 2.39. The predicted molar refractivity (Wildman–Crippen MR) is 116 cm³/mol. The average molecular weight is 420 g/mol. The van der Waals surface area contributed by atoms with Crippen LogP contribution in [0.25, 0.3) is 10.4 Å². The Balaban J connectivity index is 1.42. The molecule has 3 aromatic rings. The van der Waals surface area contributed by atoms with Crippen LogP contribution >= 0.6 is 11.3 Å². The van der Waals surface area contributed by atoms with Crippen molar-refractivity contribution in [1.29, 1.82) is 0 Å². The number of primary amides is 1. The molecule has 7 heteroatoms. The molecule has 0 radical (unpaired) electrons. The van der Waals surface area contributed by atoms with Crippen LogP contribution in [0.3, 0.4) is 0 Å². The zero-order valence-corrected chi connectivity index (χ0v) is 17.1. The van der Waals surface area contributed by atoms with Gasteiger partial charge in [0.2, 0.25) is 5.91 Å². The standard InChI is InChI=1S/C23H20N2O4S/c1-13(22(27)25-17-10-8-15(9-11-17)21(24)26)29-23(28)19-12-16-7-6-14-4-2-3-5-18(14)20(16)30-19/h2-5,8-13H,6-7H2,1H3,(H2,24,26)(H,25,27). The maximum absolute atomic E-state index is 12.6. The number of hydrogen-bond donors (Lipinski definition) is 2. The van der Waals surface area contributed by atoms with Crippen LogP contribution in [0.4, 0.5) is 5.69 Å². The average Bonchev–Trinajstić information content (AvgIpc) is 3.19. The van der Waals surface area contributed by atoms with Gasteiger partial charge in [-0.15, -0.1) is 11.3 Å². The first-order valence-electron chi connectivity index (χ1n) is 9.55. The van der Waals surface area contributed by atoms with Gasteiger partial charge in [0.25, 0.3) is 5.91 Å². The maximum Gasteiger partial charge on any atom is 0.349 e. The fraction of sp³-hybridized carbons (Fsp3) is 0.174. The van der Waals surface area contributed by atoms with E-state index in [4.69, 9.17) is 10.5 Å². The lowest BCUT2D eigenvalue weighted by molar-refractivity contribution is -0.123. The Morgan fingerprint density at radius 3 is 2.47 bits per heavy atom. The molecule has 2 amide bonds. The van der Waals surface area contributed by atoms with Gasteiger partial charge in [0.15, 0.2) is 6.10 Å². The molecule has 1 atom stereocenters. The second-order valence-corrected chi connectivity index (χ2v) is 8.15. The number of hydrogen-bond acceptors (Lipinski definition) is 5. The third kappa shape index (κ3) is 3.97. The summed E-state index contributed by atoms with van der Waals surface area (Å²) in [5.41, 5.74) is 9.61. The number of amides is 2. The smallest absolute Gasteiger partial charge is 0.349 e. The van der Waals surface area contributed by atoms with Gasteiger partial charge in [-0.3, -0.25) is 9.59 Å². The van der Waals surface area contributed by atoms with E-state index in [9.17, 15) is 14.4 Å². The van der Waals surface area contributed by atoms with Gasteiger partial charge in [-0.1, -0.05) is 24.3 Å². The molecule has 0 fully saturated rings. The molecule has 0 aliphatic heterocycles. The summed E-state index contributed by atoms with van der Waals surface area (Å²) in [6.45, 7) is 1.52. The molecule has 1 heterocycles. The molecule has 0 spiro atoms. The molecule has 1 aromatic heterocycles. The number of benzene rings is 2. The van der Waals surface area contributed by atoms with E-state index in [2.05, 4.69) is 17.4 Å². The molecule has 0 bridgehead atoms. The van der Waals surface area contributed by atoms with Crippen molar-refractivity contribution in [1.82, 2.24) is 0 Å². The summed E-state index contributed by atoms with van der Waals surface area (Å²) in [6.07, 6.45) is 0.856. The van der Waals surface area contributed by atoms with E-state index in [0.29, 0.717) is 16.1 Å². The first-order chi connectivity index (χ1) is 14.4. The highest BCUT2D eigenvalue weighted by molar-refractivity contribution is 7.17. The fourth-order valence-corrected chi connectivity index (χ4v) is 4.56. The number of thiophene rings is 1. The highest BCUT2D eigenvalue weighted by atomic mass is 32.1. The predicted octanol–water partition coefficient (Wildman–Crippen LogP) is 3.80. The van der Waals surface area contributed by atoms with E-state index < -0.39 is 23.9 Å². The SMILES string of the molecule is CC(OC(=O)c1cc2c(s1)-c1ccccc1CC2)C(=O)Nc1ccc(C(N)=O)cc1. The second-order valence-electron chi connectivity index (χ2n) is 7.10. The second kappa shape index (κ2) is 8.12. The molecule has 4 rings (SSSR count). The van der Waals surface area contributed by atoms with Crippen molar-refractivity contribution < 1.29 is 19.1 Å². The molecule has 0 saturated carbocycles. The number of nitrogens with two attached hydrogens (primary N) is 1. The Morgan fingerprint density at radius 1 is 1.03 bits per heavy atom. The van der Waals surface area contributed by atoms with Crippen molar-refractivity contribution in [3.05, 3.63) is 76.2 Å². The zero-order valence-electron chi connectivity index (χ0n) is 16.3. The molecule has 1 unspecified atom stereocenters. The van der Waals surface area contributed by atoms with Gasteiger partial charge < -0.3 is 15.8 Å². The van der Waals surface area contributed by atoms with E-state index >= 15 is 0 Å². The molecular formula is C23H20N2O4S. The quantitative estimate of drug-likeness (QED) is 0.614. The van der Waals surface area contributed by atoms with Crippen molar-refractivity contribution in [3.8, 4) is 10.4 Å². The van der Waals surface area contributed by atoms with Gasteiger partial charge in [0, 0.05) is 16.1 Å². The van der Waals surface area contributed by atoms with Crippen LogP contribution in [0.5, 0.6) is 0 Å². The van der Waals surface area contributed by atoms with E-state index in [1.807, 2.05) is 18.2 Å². The Morgan fingerprint density at radius 2 is 1.73 bits per heavy atom. The Kier molecular flexibility index (Phi) is 5.37. The Hall–Kier alpha value is -3.45. The molecule has 30 heavy (non-hydrogen) atoms. The first kappa shape index (κ1) is 19.8. The van der Waals surface area contributed by atoms with E-state index in [0.717, 1.165) is 28.8 Å². The largest absolute Gasteiger partial charge is 0.448 e. The molecule has 152 valence electrons. The minimum absolute atomic E-state index is 0.343. The van der Waals surface area contributed by atoms with Crippen molar-refractivity contribution in [2.75, 3.05) is 5.32 Å². The van der Waals surface area contributed by atoms with Crippen molar-refractivity contribution in [2.24, 2.45) is 5.73 Å². The van der Waals surface area contributed by atoms with E-state index in [-0.39, 0.29) is 0 Å². The van der Waals surface area contributed by atoms with Crippen LogP contribution in [0.1, 0.15) is 38.1 Å². The third-order valence-corrected chi connectivity index (χ3v) is 6.22. The molecule has 0 saturated heterocycles. The van der Waals surface area contributed by atoms with Crippen LogP contribution in [-0.4, -0.2) is 23.9 Å². The number of ether oxygens (including phenoxy) is 1. The summed E-state index contributed by atoms with van der Waals surface area (Å²) in [7, 11) is 0. The first-order valence-corrected chi connectivity index (χ1v) is 10.4. The van der Waals surface area contributed by atoms with Gasteiger partial charge in [0.05, 0.1) is 0 Å². The van der Waals surface area contributed by atoms with Crippen LogP contribution in [0.2, 0.25) is 0 Å². The summed E-state index contributed by atoms with van der Waals surface area (Å²) in [4.78, 5) is 37.7. The van der Waals surface area contributed by atoms with Crippen molar-refractivity contribution >= 4 is 34.8 Å². The Labute approximate surface area is 177 Å². The van der Waals surface area contributed by atoms with Gasteiger partial charge >= 0.3 is 5.97 Å². The monoisotopic (exact) mass is 420 g/mol. The third-order valence-electron chi connectivity index (χ3n) is 5.03. The highest BCUT2D eigenvalue weighted by Gasteiger charge is 2.24. The molecular weight excluding hydrogens is 400 g/mol. The molecule has 1 aliphatic rings. The number of carbonyl (C=O) groups is 3. The topological polar surface area (TPSA) is 98.5 Å². The van der Waals surface area contributed by atoms with Gasteiger partial charge in [-0.05, 0) is 66.8 Å². The van der Waals surface area contributed by atoms with Crippen LogP contribution in [-0.2, 0) is 22.4 Å². The minimum Gasteiger partial charge on any atom is -0.448 e. The summed E-state index contributed by atoms with van der Waals surface area (Å²) in [5.74, 6) is -1.52. The normalized spacial score (nSPS) is 13.0. The number of esters is 1. The molecule has 1 aliphatic carbocycles. The lowest BCUT2D eigenvalue weighted by Gasteiger charge is -2.15. The van der Waals surface area contributed by atoms with E-state index in [1.54, 1.807) is 12.1 Å². The zero-order chi connectivity index (χ0) is 21.3. The van der Waals surface area contributed by atoms with Gasteiger partial charge in [0.1, 0.15) is 4.88 Å². The summed E-state index contributed by atoms with van der Waals surface area (Å²) >= 11 is 1.40. The van der Waals surface area contributed by atoms with Crippen LogP contribution in [0.15, 0.2) is 54.6 Å². The van der Waals surface area contributed by atoms with Crippen LogP contribution in [0, 0.1) is 0 Å². The van der Waals surface area contributed by atoms with Crippen LogP contribution < -0.4 is 11.1 Å². The number of fused-ring (bicyclic) bond motifs is 3. The Bertz CT molecular complexity index is 1130. The molecule has 6 nitrogen and oxygen atoms in total. The summed E-state index contributed by atoms with van der Waals surface area (Å²) in [6, 6.07) is 16.2. The van der Waals surface area contributed by atoms with Gasteiger partial charge in [-0.2, -0.15) is 0 Å². The summed E-state index contributed by atoms with van der Waals surface area (Å²) < 4.78 is 5.38. The number of rotatable bonds is 5. The minimum atomic E-state index is -0.972. The lowest BCUT2D eigenvalue weighted by atomic mass is 9.91. The number of nitrogens with one attached hydrogen (secondary N) is 1.